The van der Waals surface area contributed by atoms with Gasteiger partial charge in [-0.05, 0) is 66.9 Å². The van der Waals surface area contributed by atoms with E-state index in [-0.39, 0.29) is 17.6 Å². The zero-order valence-electron chi connectivity index (χ0n) is 17.5. The summed E-state index contributed by atoms with van der Waals surface area (Å²) in [4.78, 5) is 15.1. The van der Waals surface area contributed by atoms with E-state index in [1.807, 2.05) is 54.6 Å². The lowest BCUT2D eigenvalue weighted by Gasteiger charge is -2.32. The number of anilines is 1. The third-order valence-corrected chi connectivity index (χ3v) is 5.57. The Bertz CT molecular complexity index is 975. The summed E-state index contributed by atoms with van der Waals surface area (Å²) >= 11 is 0. The molecular formula is C26H27FN2O2. The maximum absolute atomic E-state index is 13.1. The number of benzene rings is 3. The van der Waals surface area contributed by atoms with Gasteiger partial charge in [-0.15, -0.1) is 0 Å². The van der Waals surface area contributed by atoms with Crippen LogP contribution in [0.25, 0.3) is 0 Å². The summed E-state index contributed by atoms with van der Waals surface area (Å²) in [5.41, 5.74) is 2.95. The average molecular weight is 419 g/mol. The van der Waals surface area contributed by atoms with Gasteiger partial charge in [-0.2, -0.15) is 0 Å². The Hall–Kier alpha value is -3.18. The largest absolute Gasteiger partial charge is 0.489 e. The second-order valence-corrected chi connectivity index (χ2v) is 7.99. The van der Waals surface area contributed by atoms with Crippen molar-refractivity contribution in [3.8, 4) is 5.75 Å². The van der Waals surface area contributed by atoms with E-state index in [0.717, 1.165) is 48.5 Å². The Morgan fingerprint density at radius 3 is 2.45 bits per heavy atom. The fourth-order valence-electron chi connectivity index (χ4n) is 3.88. The Balaban J connectivity index is 1.27. The van der Waals surface area contributed by atoms with Crippen molar-refractivity contribution < 1.29 is 13.9 Å². The third-order valence-electron chi connectivity index (χ3n) is 5.57. The molecule has 0 spiro atoms. The molecule has 0 saturated carbocycles. The molecule has 3 aromatic carbocycles. The number of carbonyl (C=O) groups excluding carboxylic acids is 1. The maximum atomic E-state index is 13.1. The second kappa shape index (κ2) is 10.2. The third kappa shape index (κ3) is 6.15. The number of hydrogen-bond acceptors (Lipinski definition) is 3. The number of ether oxygens (including phenoxy) is 1. The minimum atomic E-state index is -0.226. The summed E-state index contributed by atoms with van der Waals surface area (Å²) in [5.74, 6) is 0.533. The van der Waals surface area contributed by atoms with E-state index in [0.29, 0.717) is 13.2 Å². The van der Waals surface area contributed by atoms with Crippen LogP contribution in [0.3, 0.4) is 0 Å². The summed E-state index contributed by atoms with van der Waals surface area (Å²) in [6.07, 6.45) is 1.86. The van der Waals surface area contributed by atoms with Gasteiger partial charge in [-0.3, -0.25) is 9.69 Å². The second-order valence-electron chi connectivity index (χ2n) is 7.99. The average Bonchev–Trinajstić information content (AvgIpc) is 2.81. The van der Waals surface area contributed by atoms with Gasteiger partial charge in [0.1, 0.15) is 18.2 Å². The van der Waals surface area contributed by atoms with Gasteiger partial charge < -0.3 is 10.1 Å². The monoisotopic (exact) mass is 418 g/mol. The molecule has 1 aliphatic rings. The molecular weight excluding hydrogens is 391 g/mol. The van der Waals surface area contributed by atoms with Gasteiger partial charge in [-0.25, -0.2) is 4.39 Å². The van der Waals surface area contributed by atoms with Crippen LogP contribution in [-0.4, -0.2) is 23.9 Å². The van der Waals surface area contributed by atoms with Gasteiger partial charge in [0.25, 0.3) is 0 Å². The molecule has 1 heterocycles. The lowest BCUT2D eigenvalue weighted by atomic mass is 9.96. The van der Waals surface area contributed by atoms with Crippen LogP contribution in [0.1, 0.15) is 24.0 Å². The van der Waals surface area contributed by atoms with Crippen LogP contribution >= 0.6 is 0 Å². The van der Waals surface area contributed by atoms with E-state index >= 15 is 0 Å². The summed E-state index contributed by atoms with van der Waals surface area (Å²) in [6, 6.07) is 24.1. The van der Waals surface area contributed by atoms with Gasteiger partial charge in [0, 0.05) is 18.8 Å². The lowest BCUT2D eigenvalue weighted by molar-refractivity contribution is -0.121. The van der Waals surface area contributed by atoms with E-state index < -0.39 is 0 Å². The fraction of sp³-hybridized carbons (Fsp3) is 0.269. The molecule has 1 amide bonds. The van der Waals surface area contributed by atoms with Gasteiger partial charge >= 0.3 is 0 Å². The summed E-state index contributed by atoms with van der Waals surface area (Å²) in [7, 11) is 0. The molecule has 3 aromatic rings. The van der Waals surface area contributed by atoms with E-state index in [1.165, 1.54) is 12.1 Å². The highest BCUT2D eigenvalue weighted by molar-refractivity contribution is 5.92. The topological polar surface area (TPSA) is 41.6 Å². The van der Waals surface area contributed by atoms with Crippen LogP contribution < -0.4 is 10.1 Å². The maximum Gasteiger partial charge on any atom is 0.228 e. The Morgan fingerprint density at radius 1 is 0.968 bits per heavy atom. The van der Waals surface area contributed by atoms with E-state index in [4.69, 9.17) is 4.74 Å². The molecule has 5 heteroatoms. The van der Waals surface area contributed by atoms with Crippen LogP contribution in [0.2, 0.25) is 0 Å². The smallest absolute Gasteiger partial charge is 0.228 e. The number of amides is 1. The number of rotatable bonds is 7. The van der Waals surface area contributed by atoms with E-state index in [2.05, 4.69) is 10.2 Å². The van der Waals surface area contributed by atoms with E-state index in [1.54, 1.807) is 12.1 Å². The number of nitrogens with one attached hydrogen (secondary N) is 1. The first kappa shape index (κ1) is 21.1. The predicted molar refractivity (Wildman–Crippen MR) is 120 cm³/mol. The standard InChI is InChI=1S/C26H27FN2O2/c27-23-10-8-20(9-11-23)17-29-16-4-7-22(18-29)26(30)28-24-12-14-25(15-13-24)31-19-21-5-2-1-3-6-21/h1-3,5-6,8-15,22H,4,7,16-19H2,(H,28,30). The predicted octanol–water partition coefficient (Wildman–Crippen LogP) is 5.26. The molecule has 1 fully saturated rings. The zero-order valence-corrected chi connectivity index (χ0v) is 17.5. The fourth-order valence-corrected chi connectivity index (χ4v) is 3.88. The first-order valence-corrected chi connectivity index (χ1v) is 10.7. The quantitative estimate of drug-likeness (QED) is 0.569. The molecule has 1 atom stereocenters. The highest BCUT2D eigenvalue weighted by Gasteiger charge is 2.25. The van der Waals surface area contributed by atoms with Gasteiger partial charge in [-0.1, -0.05) is 42.5 Å². The molecule has 4 rings (SSSR count). The van der Waals surface area contributed by atoms with Crippen LogP contribution in [0.5, 0.6) is 5.75 Å². The molecule has 0 aromatic heterocycles. The first-order chi connectivity index (χ1) is 15.2. The van der Waals surface area contributed by atoms with E-state index in [9.17, 15) is 9.18 Å². The number of likely N-dealkylation sites (tertiary alicyclic amines) is 1. The Kier molecular flexibility index (Phi) is 6.95. The van der Waals surface area contributed by atoms with Crippen LogP contribution in [0.15, 0.2) is 78.9 Å². The van der Waals surface area contributed by atoms with Crippen molar-refractivity contribution in [2.75, 3.05) is 18.4 Å². The molecule has 0 aliphatic carbocycles. The Labute approximate surface area is 182 Å². The van der Waals surface area contributed by atoms with Crippen molar-refractivity contribution in [1.82, 2.24) is 4.90 Å². The summed E-state index contributed by atoms with van der Waals surface area (Å²) < 4.78 is 18.9. The van der Waals surface area contributed by atoms with Crippen molar-refractivity contribution in [3.05, 3.63) is 95.8 Å². The Morgan fingerprint density at radius 2 is 1.71 bits per heavy atom. The SMILES string of the molecule is O=C(Nc1ccc(OCc2ccccc2)cc1)C1CCCN(Cc2ccc(F)cc2)C1. The molecule has 1 aliphatic heterocycles. The van der Waals surface area contributed by atoms with Gasteiger partial charge in [0.05, 0.1) is 5.92 Å². The molecule has 1 saturated heterocycles. The molecule has 1 N–H and O–H groups in total. The molecule has 160 valence electrons. The summed E-state index contributed by atoms with van der Waals surface area (Å²) in [6.45, 7) is 2.91. The number of halogens is 1. The van der Waals surface area contributed by atoms with Crippen molar-refractivity contribution in [2.45, 2.75) is 26.0 Å². The highest BCUT2D eigenvalue weighted by atomic mass is 19.1. The van der Waals surface area contributed by atoms with Crippen LogP contribution in [0.4, 0.5) is 10.1 Å². The lowest BCUT2D eigenvalue weighted by Crippen LogP contribution is -2.40. The molecule has 4 nitrogen and oxygen atoms in total. The number of carbonyl (C=O) groups is 1. The molecule has 1 unspecified atom stereocenters. The zero-order chi connectivity index (χ0) is 21.5. The normalized spacial score (nSPS) is 16.6. The number of piperidine rings is 1. The van der Waals surface area contributed by atoms with Crippen molar-refractivity contribution >= 4 is 11.6 Å². The number of hydrogen-bond donors (Lipinski definition) is 1. The van der Waals surface area contributed by atoms with Crippen molar-refractivity contribution in [1.29, 1.82) is 0 Å². The minimum Gasteiger partial charge on any atom is -0.489 e. The molecule has 0 bridgehead atoms. The van der Waals surface area contributed by atoms with Crippen LogP contribution in [0, 0.1) is 11.7 Å². The number of nitrogens with zero attached hydrogens (tertiary/aromatic N) is 1. The minimum absolute atomic E-state index is 0.0433. The highest BCUT2D eigenvalue weighted by Crippen LogP contribution is 2.22. The van der Waals surface area contributed by atoms with Crippen LogP contribution in [-0.2, 0) is 17.9 Å². The van der Waals surface area contributed by atoms with Crippen molar-refractivity contribution in [3.63, 3.8) is 0 Å². The summed E-state index contributed by atoms with van der Waals surface area (Å²) in [5, 5.41) is 3.03. The molecule has 31 heavy (non-hydrogen) atoms. The molecule has 0 radical (unpaired) electrons. The first-order valence-electron chi connectivity index (χ1n) is 10.7. The van der Waals surface area contributed by atoms with Crippen molar-refractivity contribution in [2.24, 2.45) is 5.92 Å². The van der Waals surface area contributed by atoms with Gasteiger partial charge in [0.2, 0.25) is 5.91 Å². The van der Waals surface area contributed by atoms with Gasteiger partial charge in [0.15, 0.2) is 0 Å².